The Hall–Kier alpha value is 0.550. The molecule has 0 aromatic carbocycles. The van der Waals surface area contributed by atoms with Gasteiger partial charge in [-0.2, -0.15) is 0 Å². The Labute approximate surface area is 73.3 Å². The van der Waals surface area contributed by atoms with Crippen LogP contribution in [-0.2, 0) is 0 Å². The van der Waals surface area contributed by atoms with E-state index in [4.69, 9.17) is 0 Å². The van der Waals surface area contributed by atoms with E-state index in [9.17, 15) is 8.78 Å². The summed E-state index contributed by atoms with van der Waals surface area (Å²) in [6.45, 7) is 1.63. The molecule has 0 radical (unpaired) electrons. The van der Waals surface area contributed by atoms with Gasteiger partial charge in [0.05, 0.1) is 0 Å². The fourth-order valence-electron chi connectivity index (χ4n) is 1.12. The highest BCUT2D eigenvalue weighted by Crippen LogP contribution is 2.24. The van der Waals surface area contributed by atoms with E-state index in [1.54, 1.807) is 0 Å². The molecule has 0 aliphatic carbocycles. The van der Waals surface area contributed by atoms with Crippen LogP contribution < -0.4 is 0 Å². The van der Waals surface area contributed by atoms with Gasteiger partial charge in [0.25, 0.3) is 0 Å². The smallest absolute Gasteiger partial charge is 0.241 e. The van der Waals surface area contributed by atoms with Crippen LogP contribution in [0.2, 0.25) is 0 Å². The number of hydrogen-bond donors (Lipinski definition) is 0. The predicted molar refractivity (Wildman–Crippen MR) is 44.3 cm³/mol. The Morgan fingerprint density at radius 3 is 2.20 bits per heavy atom. The van der Waals surface area contributed by atoms with E-state index in [0.717, 1.165) is 13.1 Å². The molecule has 1 fully saturated rings. The largest absolute Gasteiger partial charge is 0.248 e. The zero-order chi connectivity index (χ0) is 7.56. The maximum Gasteiger partial charge on any atom is 0.241 e. The maximum atomic E-state index is 12.0. The molecule has 1 heterocycles. The van der Waals surface area contributed by atoms with Gasteiger partial charge in [0, 0.05) is 41.9 Å². The van der Waals surface area contributed by atoms with Crippen LogP contribution in [0, 0.1) is 5.92 Å². The SMILES string of the molecule is FC(F)C1CCN(I)CC1. The van der Waals surface area contributed by atoms with Crippen molar-refractivity contribution in [3.05, 3.63) is 0 Å². The molecular weight excluding hydrogens is 251 g/mol. The summed E-state index contributed by atoms with van der Waals surface area (Å²) in [6.07, 6.45) is -0.800. The summed E-state index contributed by atoms with van der Waals surface area (Å²) < 4.78 is 26.1. The van der Waals surface area contributed by atoms with E-state index in [1.165, 1.54) is 0 Å². The van der Waals surface area contributed by atoms with Gasteiger partial charge in [-0.3, -0.25) is 0 Å². The molecule has 0 saturated carbocycles. The number of hydrogen-bond acceptors (Lipinski definition) is 1. The Morgan fingerprint density at radius 2 is 1.80 bits per heavy atom. The van der Waals surface area contributed by atoms with Crippen LogP contribution in [0.1, 0.15) is 12.8 Å². The van der Waals surface area contributed by atoms with Crippen molar-refractivity contribution in [2.24, 2.45) is 5.92 Å². The molecule has 0 bridgehead atoms. The van der Waals surface area contributed by atoms with Gasteiger partial charge in [-0.05, 0) is 12.8 Å². The van der Waals surface area contributed by atoms with Crippen LogP contribution in [0.4, 0.5) is 8.78 Å². The monoisotopic (exact) mass is 261 g/mol. The summed E-state index contributed by atoms with van der Waals surface area (Å²) in [4.78, 5) is 0. The molecule has 0 spiro atoms. The lowest BCUT2D eigenvalue weighted by Crippen LogP contribution is -2.29. The van der Waals surface area contributed by atoms with E-state index >= 15 is 0 Å². The maximum absolute atomic E-state index is 12.0. The van der Waals surface area contributed by atoms with Gasteiger partial charge >= 0.3 is 0 Å². The first-order chi connectivity index (χ1) is 4.70. The van der Waals surface area contributed by atoms with Crippen molar-refractivity contribution in [2.75, 3.05) is 13.1 Å². The van der Waals surface area contributed by atoms with Crippen molar-refractivity contribution in [3.8, 4) is 0 Å². The zero-order valence-electron chi connectivity index (χ0n) is 5.56. The van der Waals surface area contributed by atoms with Gasteiger partial charge in [0.15, 0.2) is 0 Å². The van der Waals surface area contributed by atoms with Crippen LogP contribution in [0.15, 0.2) is 0 Å². The topological polar surface area (TPSA) is 3.24 Å². The third kappa shape index (κ3) is 2.30. The van der Waals surface area contributed by atoms with Crippen LogP contribution in [0.3, 0.4) is 0 Å². The molecule has 0 N–H and O–H groups in total. The predicted octanol–water partition coefficient (Wildman–Crippen LogP) is 2.31. The summed E-state index contributed by atoms with van der Waals surface area (Å²) in [6, 6.07) is 0. The van der Waals surface area contributed by atoms with Crippen molar-refractivity contribution in [1.29, 1.82) is 0 Å². The van der Waals surface area contributed by atoms with Crippen molar-refractivity contribution >= 4 is 22.9 Å². The molecule has 1 saturated heterocycles. The summed E-state index contributed by atoms with van der Waals surface area (Å²) >= 11 is 2.18. The lowest BCUT2D eigenvalue weighted by molar-refractivity contribution is 0.0525. The van der Waals surface area contributed by atoms with Gasteiger partial charge in [-0.15, -0.1) is 0 Å². The highest BCUT2D eigenvalue weighted by molar-refractivity contribution is 14.1. The van der Waals surface area contributed by atoms with Gasteiger partial charge in [-0.25, -0.2) is 11.9 Å². The summed E-state index contributed by atoms with van der Waals surface area (Å²) in [5.41, 5.74) is 0. The number of halogens is 3. The highest BCUT2D eigenvalue weighted by Gasteiger charge is 2.24. The lowest BCUT2D eigenvalue weighted by atomic mass is 9.99. The molecule has 1 aliphatic heterocycles. The Kier molecular flexibility index (Phi) is 3.29. The average molecular weight is 261 g/mol. The van der Waals surface area contributed by atoms with E-state index in [1.807, 2.05) is 0 Å². The number of piperidine rings is 1. The van der Waals surface area contributed by atoms with Crippen molar-refractivity contribution < 1.29 is 8.78 Å². The van der Waals surface area contributed by atoms with Gasteiger partial charge in [-0.1, -0.05) is 0 Å². The summed E-state index contributed by atoms with van der Waals surface area (Å²) in [5.74, 6) is -0.342. The second-order valence-electron chi connectivity index (χ2n) is 2.58. The first-order valence-electron chi connectivity index (χ1n) is 3.39. The molecule has 1 rings (SSSR count). The number of alkyl halides is 2. The quantitative estimate of drug-likeness (QED) is 0.517. The first-order valence-corrected chi connectivity index (χ1v) is 4.35. The van der Waals surface area contributed by atoms with E-state index in [-0.39, 0.29) is 5.92 Å². The molecule has 10 heavy (non-hydrogen) atoms. The molecule has 0 atom stereocenters. The Bertz CT molecular complexity index is 102. The van der Waals surface area contributed by atoms with Crippen molar-refractivity contribution in [3.63, 3.8) is 0 Å². The molecular formula is C6H10F2IN. The highest BCUT2D eigenvalue weighted by atomic mass is 127. The zero-order valence-corrected chi connectivity index (χ0v) is 7.72. The number of nitrogens with zero attached hydrogens (tertiary/aromatic N) is 1. The molecule has 4 heteroatoms. The van der Waals surface area contributed by atoms with Gasteiger partial charge in [0.1, 0.15) is 0 Å². The van der Waals surface area contributed by atoms with Gasteiger partial charge in [0.2, 0.25) is 6.43 Å². The van der Waals surface area contributed by atoms with E-state index in [2.05, 4.69) is 26.0 Å². The summed E-state index contributed by atoms with van der Waals surface area (Å²) in [5, 5.41) is 0. The van der Waals surface area contributed by atoms with Crippen molar-refractivity contribution in [2.45, 2.75) is 19.3 Å². The average Bonchev–Trinajstić information content (AvgIpc) is 1.88. The minimum absolute atomic E-state index is 0.342. The Balaban J connectivity index is 2.26. The molecule has 60 valence electrons. The lowest BCUT2D eigenvalue weighted by Gasteiger charge is -2.26. The third-order valence-electron chi connectivity index (χ3n) is 1.84. The third-order valence-corrected chi connectivity index (χ3v) is 2.81. The fourth-order valence-corrected chi connectivity index (χ4v) is 1.68. The molecule has 1 nitrogen and oxygen atoms in total. The minimum atomic E-state index is -2.11. The Morgan fingerprint density at radius 1 is 1.30 bits per heavy atom. The fraction of sp³-hybridized carbons (Fsp3) is 1.00. The second kappa shape index (κ2) is 3.80. The standard InChI is InChI=1S/C6H10F2IN/c7-6(8)5-1-3-10(9)4-2-5/h5-6H,1-4H2. The molecule has 0 amide bonds. The molecule has 0 aromatic rings. The van der Waals surface area contributed by atoms with E-state index in [0.29, 0.717) is 12.8 Å². The van der Waals surface area contributed by atoms with Crippen LogP contribution in [0.25, 0.3) is 0 Å². The van der Waals surface area contributed by atoms with Crippen LogP contribution in [-0.4, -0.2) is 22.6 Å². The van der Waals surface area contributed by atoms with Gasteiger partial charge < -0.3 is 0 Å². The molecule has 1 aliphatic rings. The normalized spacial score (nSPS) is 24.0. The van der Waals surface area contributed by atoms with Crippen LogP contribution >= 0.6 is 22.9 Å². The molecule has 0 unspecified atom stereocenters. The minimum Gasteiger partial charge on any atom is -0.248 e. The second-order valence-corrected chi connectivity index (χ2v) is 3.95. The number of rotatable bonds is 1. The molecule has 0 aromatic heterocycles. The van der Waals surface area contributed by atoms with Crippen molar-refractivity contribution in [1.82, 2.24) is 3.11 Å². The summed E-state index contributed by atoms with van der Waals surface area (Å²) in [7, 11) is 0. The first kappa shape index (κ1) is 8.64. The van der Waals surface area contributed by atoms with Crippen LogP contribution in [0.5, 0.6) is 0 Å². The van der Waals surface area contributed by atoms with E-state index < -0.39 is 6.43 Å².